The molecule has 0 saturated carbocycles. The molecule has 0 bridgehead atoms. The van der Waals surface area contributed by atoms with Gasteiger partial charge in [0.25, 0.3) is 0 Å². The maximum absolute atomic E-state index is 11.6. The van der Waals surface area contributed by atoms with Gasteiger partial charge in [-0.25, -0.2) is 4.79 Å². The van der Waals surface area contributed by atoms with Crippen molar-refractivity contribution in [1.29, 1.82) is 0 Å². The average molecular weight is 393 g/mol. The van der Waals surface area contributed by atoms with Crippen molar-refractivity contribution in [3.63, 3.8) is 0 Å². The van der Waals surface area contributed by atoms with Crippen molar-refractivity contribution in [2.24, 2.45) is 0 Å². The minimum Gasteiger partial charge on any atom is -0.497 e. The maximum Gasteiger partial charge on any atom is 0.358 e. The summed E-state index contributed by atoms with van der Waals surface area (Å²) in [4.78, 5) is 13.7. The first-order chi connectivity index (χ1) is 14.1. The highest BCUT2D eigenvalue weighted by Gasteiger charge is 2.14. The van der Waals surface area contributed by atoms with Gasteiger partial charge in [-0.05, 0) is 47.5 Å². The van der Waals surface area contributed by atoms with Crippen molar-refractivity contribution in [3.8, 4) is 11.5 Å². The minimum atomic E-state index is -0.513. The lowest BCUT2D eigenvalue weighted by Gasteiger charge is -2.24. The molecule has 1 aromatic heterocycles. The molecule has 0 fully saturated rings. The molecular formula is C22H23N3O4. The summed E-state index contributed by atoms with van der Waals surface area (Å²) >= 11 is 0. The van der Waals surface area contributed by atoms with Crippen LogP contribution in [-0.4, -0.2) is 37.5 Å². The van der Waals surface area contributed by atoms with Gasteiger partial charge in [-0.15, -0.1) is 10.2 Å². The van der Waals surface area contributed by atoms with Crippen LogP contribution >= 0.6 is 0 Å². The molecule has 0 aliphatic carbocycles. The molecule has 7 nitrogen and oxygen atoms in total. The summed E-state index contributed by atoms with van der Waals surface area (Å²) < 4.78 is 15.2. The maximum atomic E-state index is 11.6. The molecule has 7 heteroatoms. The van der Waals surface area contributed by atoms with E-state index >= 15 is 0 Å². The molecular weight excluding hydrogens is 370 g/mol. The van der Waals surface area contributed by atoms with Crippen LogP contribution in [0.1, 0.15) is 21.6 Å². The minimum absolute atomic E-state index is 0.171. The highest BCUT2D eigenvalue weighted by atomic mass is 16.5. The zero-order chi connectivity index (χ0) is 20.6. The summed E-state index contributed by atoms with van der Waals surface area (Å²) in [7, 11) is 4.60. The molecule has 0 N–H and O–H groups in total. The monoisotopic (exact) mass is 393 g/mol. The van der Waals surface area contributed by atoms with Crippen molar-refractivity contribution < 1.29 is 19.0 Å². The highest BCUT2D eigenvalue weighted by Crippen LogP contribution is 2.21. The quantitative estimate of drug-likeness (QED) is 0.542. The van der Waals surface area contributed by atoms with E-state index in [9.17, 15) is 4.79 Å². The SMILES string of the molecule is COC(=O)c1ccc(N(Cc2ccc(OC)cc2)Cc2ccc(OC)cc2)nn1. The number of benzene rings is 2. The van der Waals surface area contributed by atoms with Crippen LogP contribution in [0.5, 0.6) is 11.5 Å². The van der Waals surface area contributed by atoms with Gasteiger partial charge in [-0.3, -0.25) is 0 Å². The molecule has 3 aromatic rings. The van der Waals surface area contributed by atoms with Crippen LogP contribution < -0.4 is 14.4 Å². The van der Waals surface area contributed by atoms with Gasteiger partial charge in [-0.1, -0.05) is 24.3 Å². The average Bonchev–Trinajstić information content (AvgIpc) is 2.79. The Morgan fingerprint density at radius 3 is 1.66 bits per heavy atom. The van der Waals surface area contributed by atoms with Crippen LogP contribution in [-0.2, 0) is 17.8 Å². The largest absolute Gasteiger partial charge is 0.497 e. The topological polar surface area (TPSA) is 73.8 Å². The molecule has 0 atom stereocenters. The summed E-state index contributed by atoms with van der Waals surface area (Å²) in [5.41, 5.74) is 2.36. The lowest BCUT2D eigenvalue weighted by molar-refractivity contribution is 0.0592. The van der Waals surface area contributed by atoms with Crippen LogP contribution in [0.25, 0.3) is 0 Å². The number of rotatable bonds is 8. The second-order valence-corrected chi connectivity index (χ2v) is 6.32. The van der Waals surface area contributed by atoms with Crippen molar-refractivity contribution in [3.05, 3.63) is 77.5 Å². The summed E-state index contributed by atoms with van der Waals surface area (Å²) in [6.07, 6.45) is 0. The van der Waals surface area contributed by atoms with Crippen LogP contribution in [0.4, 0.5) is 5.82 Å². The number of aromatic nitrogens is 2. The standard InChI is InChI=1S/C22H23N3O4/c1-27-18-8-4-16(5-9-18)14-25(15-17-6-10-19(28-2)11-7-17)21-13-12-20(23-24-21)22(26)29-3/h4-13H,14-15H2,1-3H3. The molecule has 2 aromatic carbocycles. The Balaban J connectivity index is 1.85. The number of nitrogens with zero attached hydrogens (tertiary/aromatic N) is 3. The number of hydrogen-bond donors (Lipinski definition) is 0. The van der Waals surface area contributed by atoms with E-state index in [1.165, 1.54) is 7.11 Å². The number of methoxy groups -OCH3 is 3. The second kappa shape index (κ2) is 9.54. The molecule has 0 aliphatic rings. The molecule has 0 saturated heterocycles. The predicted octanol–water partition coefficient (Wildman–Crippen LogP) is 3.49. The Labute approximate surface area is 169 Å². The van der Waals surface area contributed by atoms with Crippen LogP contribution in [0.3, 0.4) is 0 Å². The molecule has 29 heavy (non-hydrogen) atoms. The third-order valence-electron chi connectivity index (χ3n) is 4.43. The lowest BCUT2D eigenvalue weighted by atomic mass is 10.1. The fraction of sp³-hybridized carbons (Fsp3) is 0.227. The highest BCUT2D eigenvalue weighted by molar-refractivity contribution is 5.86. The van der Waals surface area contributed by atoms with Gasteiger partial charge in [0.2, 0.25) is 0 Å². The molecule has 3 rings (SSSR count). The fourth-order valence-corrected chi connectivity index (χ4v) is 2.83. The van der Waals surface area contributed by atoms with Gasteiger partial charge in [-0.2, -0.15) is 0 Å². The fourth-order valence-electron chi connectivity index (χ4n) is 2.83. The van der Waals surface area contributed by atoms with Gasteiger partial charge >= 0.3 is 5.97 Å². The molecule has 0 amide bonds. The number of esters is 1. The predicted molar refractivity (Wildman–Crippen MR) is 109 cm³/mol. The molecule has 1 heterocycles. The summed E-state index contributed by atoms with van der Waals surface area (Å²) in [6, 6.07) is 19.1. The van der Waals surface area contributed by atoms with Gasteiger partial charge in [0.15, 0.2) is 11.5 Å². The Hall–Kier alpha value is -3.61. The Morgan fingerprint density at radius 1 is 0.759 bits per heavy atom. The van der Waals surface area contributed by atoms with Crippen molar-refractivity contribution >= 4 is 11.8 Å². The van der Waals surface area contributed by atoms with E-state index in [2.05, 4.69) is 15.1 Å². The molecule has 0 radical (unpaired) electrons. The van der Waals surface area contributed by atoms with E-state index in [1.807, 2.05) is 48.5 Å². The molecule has 0 spiro atoms. The smallest absolute Gasteiger partial charge is 0.358 e. The number of hydrogen-bond acceptors (Lipinski definition) is 7. The van der Waals surface area contributed by atoms with E-state index in [-0.39, 0.29) is 5.69 Å². The van der Waals surface area contributed by atoms with E-state index < -0.39 is 5.97 Å². The third kappa shape index (κ3) is 5.22. The summed E-state index contributed by atoms with van der Waals surface area (Å²) in [5.74, 6) is 1.75. The van der Waals surface area contributed by atoms with E-state index in [1.54, 1.807) is 26.4 Å². The van der Waals surface area contributed by atoms with E-state index in [0.29, 0.717) is 18.9 Å². The van der Waals surface area contributed by atoms with E-state index in [4.69, 9.17) is 14.2 Å². The normalized spacial score (nSPS) is 10.3. The van der Waals surface area contributed by atoms with Gasteiger partial charge in [0.05, 0.1) is 21.3 Å². The van der Waals surface area contributed by atoms with Gasteiger partial charge in [0.1, 0.15) is 11.5 Å². The first-order valence-corrected chi connectivity index (χ1v) is 9.06. The first kappa shape index (κ1) is 20.1. The summed E-state index contributed by atoms with van der Waals surface area (Å²) in [5, 5.41) is 8.24. The molecule has 0 aliphatic heterocycles. The van der Waals surface area contributed by atoms with Gasteiger partial charge < -0.3 is 19.1 Å². The number of carbonyl (C=O) groups excluding carboxylic acids is 1. The zero-order valence-electron chi connectivity index (χ0n) is 16.7. The van der Waals surface area contributed by atoms with Crippen molar-refractivity contribution in [2.75, 3.05) is 26.2 Å². The van der Waals surface area contributed by atoms with Crippen molar-refractivity contribution in [1.82, 2.24) is 10.2 Å². The second-order valence-electron chi connectivity index (χ2n) is 6.32. The number of anilines is 1. The Morgan fingerprint density at radius 2 is 1.28 bits per heavy atom. The zero-order valence-corrected chi connectivity index (χ0v) is 16.7. The van der Waals surface area contributed by atoms with Crippen molar-refractivity contribution in [2.45, 2.75) is 13.1 Å². The number of carbonyl (C=O) groups is 1. The molecule has 0 unspecified atom stereocenters. The van der Waals surface area contributed by atoms with Crippen LogP contribution in [0.2, 0.25) is 0 Å². The molecule has 150 valence electrons. The lowest BCUT2D eigenvalue weighted by Crippen LogP contribution is -2.24. The third-order valence-corrected chi connectivity index (χ3v) is 4.43. The summed E-state index contributed by atoms with van der Waals surface area (Å²) in [6.45, 7) is 1.23. The Bertz CT molecular complexity index is 876. The van der Waals surface area contributed by atoms with Crippen LogP contribution in [0, 0.1) is 0 Å². The van der Waals surface area contributed by atoms with Crippen LogP contribution in [0.15, 0.2) is 60.7 Å². The Kier molecular flexibility index (Phi) is 6.63. The van der Waals surface area contributed by atoms with E-state index in [0.717, 1.165) is 22.6 Å². The first-order valence-electron chi connectivity index (χ1n) is 9.06. The number of ether oxygens (including phenoxy) is 3. The van der Waals surface area contributed by atoms with Gasteiger partial charge in [0, 0.05) is 13.1 Å².